The Bertz CT molecular complexity index is 735. The Hall–Kier alpha value is -2.67. The van der Waals surface area contributed by atoms with Crippen molar-refractivity contribution < 1.29 is 14.1 Å². The lowest BCUT2D eigenvalue weighted by Crippen LogP contribution is -2.10. The van der Waals surface area contributed by atoms with Crippen molar-refractivity contribution >= 4 is 17.2 Å². The van der Waals surface area contributed by atoms with Crippen molar-refractivity contribution in [2.75, 3.05) is 0 Å². The molecule has 0 aliphatic rings. The summed E-state index contributed by atoms with van der Waals surface area (Å²) in [5, 5.41) is 7.72. The van der Waals surface area contributed by atoms with Crippen LogP contribution in [0.1, 0.15) is 16.2 Å². The number of benzene rings is 1. The molecule has 0 bridgehead atoms. The fourth-order valence-corrected chi connectivity index (χ4v) is 2.31. The molecule has 1 aromatic carbocycles. The summed E-state index contributed by atoms with van der Waals surface area (Å²) < 4.78 is 10.7. The van der Waals surface area contributed by atoms with Crippen molar-refractivity contribution in [2.45, 2.75) is 6.61 Å². The van der Waals surface area contributed by atoms with Crippen molar-refractivity contribution in [3.05, 3.63) is 52.5 Å². The number of rotatable bonds is 5. The summed E-state index contributed by atoms with van der Waals surface area (Å²) in [6.07, 6.45) is 0. The number of primary amides is 1. The van der Waals surface area contributed by atoms with Crippen molar-refractivity contribution in [2.24, 2.45) is 5.73 Å². The molecule has 1 amide bonds. The topological polar surface area (TPSA) is 91.2 Å². The first-order valence-corrected chi connectivity index (χ1v) is 7.04. The van der Waals surface area contributed by atoms with Gasteiger partial charge in [-0.1, -0.05) is 5.16 Å². The molecule has 2 heterocycles. The van der Waals surface area contributed by atoms with Crippen LogP contribution in [0.4, 0.5) is 0 Å². The monoisotopic (exact) mass is 301 g/mol. The minimum absolute atomic E-state index is 0.184. The average Bonchev–Trinajstić information content (AvgIpc) is 3.16. The molecule has 7 heteroatoms. The number of aromatic nitrogens is 2. The zero-order valence-electron chi connectivity index (χ0n) is 10.9. The normalized spacial score (nSPS) is 10.5. The lowest BCUT2D eigenvalue weighted by molar-refractivity contribution is 0.1000. The molecule has 21 heavy (non-hydrogen) atoms. The van der Waals surface area contributed by atoms with Crippen molar-refractivity contribution in [3.8, 4) is 17.2 Å². The Balaban J connectivity index is 1.64. The summed E-state index contributed by atoms with van der Waals surface area (Å²) in [6, 6.07) is 8.45. The second-order valence-electron chi connectivity index (χ2n) is 4.21. The van der Waals surface area contributed by atoms with Gasteiger partial charge in [-0.3, -0.25) is 4.79 Å². The molecule has 0 unspecified atom stereocenters. The molecule has 0 aliphatic carbocycles. The molecular weight excluding hydrogens is 290 g/mol. The number of hydrogen-bond donors (Lipinski definition) is 1. The summed E-state index contributed by atoms with van der Waals surface area (Å²) in [5.41, 5.74) is 6.49. The van der Waals surface area contributed by atoms with Crippen molar-refractivity contribution in [1.82, 2.24) is 10.1 Å². The molecule has 0 radical (unpaired) electrons. The van der Waals surface area contributed by atoms with Gasteiger partial charge in [0.1, 0.15) is 5.75 Å². The van der Waals surface area contributed by atoms with Gasteiger partial charge in [0.2, 0.25) is 11.7 Å². The van der Waals surface area contributed by atoms with E-state index >= 15 is 0 Å². The van der Waals surface area contributed by atoms with Gasteiger partial charge in [-0.15, -0.1) is 0 Å². The zero-order chi connectivity index (χ0) is 14.7. The molecule has 0 saturated heterocycles. The number of carbonyl (C=O) groups excluding carboxylic acids is 1. The van der Waals surface area contributed by atoms with E-state index in [1.807, 2.05) is 16.8 Å². The van der Waals surface area contributed by atoms with Crippen LogP contribution in [0, 0.1) is 0 Å². The minimum atomic E-state index is -0.472. The highest BCUT2D eigenvalue weighted by Crippen LogP contribution is 2.20. The summed E-state index contributed by atoms with van der Waals surface area (Å²) in [6.45, 7) is 0.184. The van der Waals surface area contributed by atoms with Gasteiger partial charge in [-0.2, -0.15) is 16.3 Å². The first-order valence-electron chi connectivity index (χ1n) is 6.10. The number of hydrogen-bond acceptors (Lipinski definition) is 6. The number of ether oxygens (including phenoxy) is 1. The average molecular weight is 301 g/mol. The molecule has 3 aromatic rings. The quantitative estimate of drug-likeness (QED) is 0.781. The Labute approximate surface area is 124 Å². The molecule has 2 N–H and O–H groups in total. The van der Waals surface area contributed by atoms with Crippen LogP contribution in [0.25, 0.3) is 11.5 Å². The molecule has 2 aromatic heterocycles. The Morgan fingerprint density at radius 2 is 2.10 bits per heavy atom. The summed E-state index contributed by atoms with van der Waals surface area (Å²) in [7, 11) is 0. The van der Waals surface area contributed by atoms with Gasteiger partial charge < -0.3 is 15.0 Å². The predicted molar refractivity (Wildman–Crippen MR) is 76.9 cm³/mol. The lowest BCUT2D eigenvalue weighted by Gasteiger charge is -2.03. The maximum atomic E-state index is 11.0. The first kappa shape index (κ1) is 13.3. The third-order valence-corrected chi connectivity index (χ3v) is 3.43. The molecule has 106 valence electrons. The lowest BCUT2D eigenvalue weighted by atomic mass is 10.2. The van der Waals surface area contributed by atoms with Crippen LogP contribution in [0.3, 0.4) is 0 Å². The standard InChI is InChI=1S/C14H11N3O3S/c15-13(18)9-1-3-11(4-2-9)19-7-12-16-14(20-17-12)10-5-6-21-8-10/h1-6,8H,7H2,(H2,15,18). The second-order valence-corrected chi connectivity index (χ2v) is 4.99. The zero-order valence-corrected chi connectivity index (χ0v) is 11.7. The van der Waals surface area contributed by atoms with Crippen LogP contribution in [0.2, 0.25) is 0 Å². The van der Waals surface area contributed by atoms with E-state index in [-0.39, 0.29) is 6.61 Å². The maximum absolute atomic E-state index is 11.0. The van der Waals surface area contributed by atoms with E-state index in [1.165, 1.54) is 0 Å². The van der Waals surface area contributed by atoms with Crippen LogP contribution >= 0.6 is 11.3 Å². The van der Waals surface area contributed by atoms with Gasteiger partial charge in [0, 0.05) is 10.9 Å². The number of nitrogens with two attached hydrogens (primary N) is 1. The van der Waals surface area contributed by atoms with E-state index in [0.717, 1.165) is 5.56 Å². The number of carbonyl (C=O) groups is 1. The predicted octanol–water partition coefficient (Wildman–Crippen LogP) is 2.48. The Morgan fingerprint density at radius 1 is 1.29 bits per heavy atom. The number of amides is 1. The largest absolute Gasteiger partial charge is 0.485 e. The smallest absolute Gasteiger partial charge is 0.258 e. The second kappa shape index (κ2) is 5.76. The summed E-state index contributed by atoms with van der Waals surface area (Å²) in [4.78, 5) is 15.2. The Morgan fingerprint density at radius 3 is 2.76 bits per heavy atom. The van der Waals surface area contributed by atoms with Crippen LogP contribution in [-0.2, 0) is 6.61 Å². The van der Waals surface area contributed by atoms with E-state index in [9.17, 15) is 4.79 Å². The van der Waals surface area contributed by atoms with Gasteiger partial charge in [0.25, 0.3) is 5.89 Å². The van der Waals surface area contributed by atoms with Crippen molar-refractivity contribution in [1.29, 1.82) is 0 Å². The van der Waals surface area contributed by atoms with E-state index in [2.05, 4.69) is 10.1 Å². The third kappa shape index (κ3) is 3.09. The first-order chi connectivity index (χ1) is 10.2. The molecule has 0 spiro atoms. The fraction of sp³-hybridized carbons (Fsp3) is 0.0714. The van der Waals surface area contributed by atoms with Crippen molar-refractivity contribution in [3.63, 3.8) is 0 Å². The Kier molecular flexibility index (Phi) is 3.65. The summed E-state index contributed by atoms with van der Waals surface area (Å²) >= 11 is 1.56. The van der Waals surface area contributed by atoms with Crippen LogP contribution in [-0.4, -0.2) is 16.0 Å². The van der Waals surface area contributed by atoms with E-state index < -0.39 is 5.91 Å². The third-order valence-electron chi connectivity index (χ3n) is 2.74. The van der Waals surface area contributed by atoms with Gasteiger partial charge in [0.05, 0.1) is 5.56 Å². The van der Waals surface area contributed by atoms with Gasteiger partial charge >= 0.3 is 0 Å². The molecule has 3 rings (SSSR count). The highest BCUT2D eigenvalue weighted by molar-refractivity contribution is 7.08. The van der Waals surface area contributed by atoms with Crippen LogP contribution in [0.5, 0.6) is 5.75 Å². The summed E-state index contributed by atoms with van der Waals surface area (Å²) in [5.74, 6) is 1.05. The van der Waals surface area contributed by atoms with Crippen LogP contribution < -0.4 is 10.5 Å². The minimum Gasteiger partial charge on any atom is -0.485 e. The molecule has 0 aliphatic heterocycles. The van der Waals surface area contributed by atoms with E-state index in [1.54, 1.807) is 35.6 Å². The highest BCUT2D eigenvalue weighted by Gasteiger charge is 2.09. The van der Waals surface area contributed by atoms with Gasteiger partial charge in [-0.25, -0.2) is 0 Å². The molecule has 0 atom stereocenters. The maximum Gasteiger partial charge on any atom is 0.258 e. The SMILES string of the molecule is NC(=O)c1ccc(OCc2noc(-c3ccsc3)n2)cc1. The fourth-order valence-electron chi connectivity index (χ4n) is 1.68. The molecule has 0 fully saturated rings. The number of nitrogens with zero attached hydrogens (tertiary/aromatic N) is 2. The number of thiophene rings is 1. The van der Waals surface area contributed by atoms with Gasteiger partial charge in [-0.05, 0) is 35.7 Å². The molecule has 0 saturated carbocycles. The van der Waals surface area contributed by atoms with Crippen LogP contribution in [0.15, 0.2) is 45.6 Å². The molecular formula is C14H11N3O3S. The highest BCUT2D eigenvalue weighted by atomic mass is 32.1. The molecule has 6 nitrogen and oxygen atoms in total. The van der Waals surface area contributed by atoms with E-state index in [0.29, 0.717) is 23.0 Å². The van der Waals surface area contributed by atoms with E-state index in [4.69, 9.17) is 15.0 Å². The van der Waals surface area contributed by atoms with Gasteiger partial charge in [0.15, 0.2) is 6.61 Å².